The van der Waals surface area contributed by atoms with E-state index in [1.807, 2.05) is 0 Å². The van der Waals surface area contributed by atoms with Crippen LogP contribution in [0.2, 0.25) is 0 Å². The molecule has 18 heavy (non-hydrogen) atoms. The van der Waals surface area contributed by atoms with Crippen molar-refractivity contribution in [2.45, 2.75) is 44.7 Å². The second-order valence-corrected chi connectivity index (χ2v) is 5.48. The quantitative estimate of drug-likeness (QED) is 0.727. The summed E-state index contributed by atoms with van der Waals surface area (Å²) >= 11 is 0. The predicted molar refractivity (Wildman–Crippen MR) is 69.1 cm³/mol. The van der Waals surface area contributed by atoms with E-state index in [0.29, 0.717) is 12.6 Å². The SMILES string of the molecule is CC1CCCC(C(=O)N2CCCN(C)C(=O)C2)N1. The minimum absolute atomic E-state index is 0.0460. The molecule has 2 aliphatic heterocycles. The van der Waals surface area contributed by atoms with Crippen molar-refractivity contribution in [1.82, 2.24) is 15.1 Å². The van der Waals surface area contributed by atoms with Crippen molar-refractivity contribution in [2.24, 2.45) is 0 Å². The lowest BCUT2D eigenvalue weighted by atomic mass is 9.98. The maximum absolute atomic E-state index is 12.4. The number of carbonyl (C=O) groups is 2. The monoisotopic (exact) mass is 253 g/mol. The first kappa shape index (κ1) is 13.3. The van der Waals surface area contributed by atoms with Crippen LogP contribution in [0.4, 0.5) is 0 Å². The van der Waals surface area contributed by atoms with Crippen LogP contribution in [0, 0.1) is 0 Å². The van der Waals surface area contributed by atoms with E-state index in [9.17, 15) is 9.59 Å². The Morgan fingerprint density at radius 3 is 2.78 bits per heavy atom. The number of hydrogen-bond acceptors (Lipinski definition) is 3. The second kappa shape index (κ2) is 5.69. The number of piperidine rings is 1. The molecule has 2 atom stereocenters. The van der Waals surface area contributed by atoms with Gasteiger partial charge in [0, 0.05) is 26.2 Å². The standard InChI is InChI=1S/C13H23N3O2/c1-10-5-3-6-11(14-10)13(18)16-8-4-7-15(2)12(17)9-16/h10-11,14H,3-9H2,1-2H3. The van der Waals surface area contributed by atoms with E-state index < -0.39 is 0 Å². The van der Waals surface area contributed by atoms with Gasteiger partial charge in [-0.15, -0.1) is 0 Å². The van der Waals surface area contributed by atoms with Crippen LogP contribution >= 0.6 is 0 Å². The Morgan fingerprint density at radius 2 is 2.06 bits per heavy atom. The molecule has 5 nitrogen and oxygen atoms in total. The Labute approximate surface area is 108 Å². The molecular weight excluding hydrogens is 230 g/mol. The molecule has 5 heteroatoms. The molecule has 2 saturated heterocycles. The summed E-state index contributed by atoms with van der Waals surface area (Å²) < 4.78 is 0. The van der Waals surface area contributed by atoms with Gasteiger partial charge in [0.25, 0.3) is 0 Å². The van der Waals surface area contributed by atoms with Gasteiger partial charge in [-0.3, -0.25) is 9.59 Å². The third-order valence-corrected chi connectivity index (χ3v) is 3.90. The lowest BCUT2D eigenvalue weighted by Crippen LogP contribution is -2.52. The molecule has 1 N–H and O–H groups in total. The summed E-state index contributed by atoms with van der Waals surface area (Å²) in [6, 6.07) is 0.308. The van der Waals surface area contributed by atoms with E-state index in [1.165, 1.54) is 0 Å². The smallest absolute Gasteiger partial charge is 0.241 e. The van der Waals surface area contributed by atoms with E-state index in [2.05, 4.69) is 12.2 Å². The van der Waals surface area contributed by atoms with E-state index in [1.54, 1.807) is 16.8 Å². The van der Waals surface area contributed by atoms with E-state index in [-0.39, 0.29) is 24.4 Å². The maximum Gasteiger partial charge on any atom is 0.241 e. The number of nitrogens with zero attached hydrogens (tertiary/aromatic N) is 2. The number of carbonyl (C=O) groups excluding carboxylic acids is 2. The fraction of sp³-hybridized carbons (Fsp3) is 0.846. The summed E-state index contributed by atoms with van der Waals surface area (Å²) in [7, 11) is 1.80. The summed E-state index contributed by atoms with van der Waals surface area (Å²) in [6.07, 6.45) is 3.98. The largest absolute Gasteiger partial charge is 0.344 e. The first-order chi connectivity index (χ1) is 8.58. The third kappa shape index (κ3) is 3.02. The Kier molecular flexibility index (Phi) is 4.22. The van der Waals surface area contributed by atoms with Crippen molar-refractivity contribution in [3.8, 4) is 0 Å². The Hall–Kier alpha value is -1.10. The number of amides is 2. The number of nitrogens with one attached hydrogen (secondary N) is 1. The van der Waals surface area contributed by atoms with Gasteiger partial charge in [0.2, 0.25) is 11.8 Å². The lowest BCUT2D eigenvalue weighted by Gasteiger charge is -2.31. The molecule has 0 saturated carbocycles. The zero-order valence-electron chi connectivity index (χ0n) is 11.3. The molecule has 2 unspecified atom stereocenters. The van der Waals surface area contributed by atoms with Gasteiger partial charge in [-0.05, 0) is 32.6 Å². The van der Waals surface area contributed by atoms with Gasteiger partial charge in [0.05, 0.1) is 12.6 Å². The molecule has 2 heterocycles. The molecule has 0 aromatic carbocycles. The first-order valence-corrected chi connectivity index (χ1v) is 6.86. The number of rotatable bonds is 1. The summed E-state index contributed by atoms with van der Waals surface area (Å²) in [4.78, 5) is 27.6. The van der Waals surface area contributed by atoms with Crippen molar-refractivity contribution in [3.05, 3.63) is 0 Å². The van der Waals surface area contributed by atoms with Crippen LogP contribution in [0.1, 0.15) is 32.6 Å². The average Bonchev–Trinajstić information content (AvgIpc) is 2.51. The van der Waals surface area contributed by atoms with Crippen molar-refractivity contribution in [2.75, 3.05) is 26.7 Å². The van der Waals surface area contributed by atoms with Crippen LogP contribution in [-0.4, -0.2) is 60.4 Å². The van der Waals surface area contributed by atoms with Crippen molar-refractivity contribution >= 4 is 11.8 Å². The van der Waals surface area contributed by atoms with Gasteiger partial charge >= 0.3 is 0 Å². The van der Waals surface area contributed by atoms with Crippen LogP contribution in [0.5, 0.6) is 0 Å². The zero-order chi connectivity index (χ0) is 13.1. The molecule has 0 bridgehead atoms. The molecule has 2 rings (SSSR count). The molecule has 2 amide bonds. The molecule has 0 aromatic heterocycles. The van der Waals surface area contributed by atoms with Crippen molar-refractivity contribution in [1.29, 1.82) is 0 Å². The van der Waals surface area contributed by atoms with E-state index in [4.69, 9.17) is 0 Å². The Balaban J connectivity index is 1.97. The molecule has 102 valence electrons. The molecular formula is C13H23N3O2. The van der Waals surface area contributed by atoms with E-state index >= 15 is 0 Å². The Morgan fingerprint density at radius 1 is 1.28 bits per heavy atom. The average molecular weight is 253 g/mol. The van der Waals surface area contributed by atoms with Gasteiger partial charge in [-0.25, -0.2) is 0 Å². The van der Waals surface area contributed by atoms with Crippen molar-refractivity contribution in [3.63, 3.8) is 0 Å². The molecule has 0 spiro atoms. The molecule has 2 aliphatic rings. The van der Waals surface area contributed by atoms with Gasteiger partial charge in [-0.1, -0.05) is 0 Å². The summed E-state index contributed by atoms with van der Waals surface area (Å²) in [5.41, 5.74) is 0. The van der Waals surface area contributed by atoms with Gasteiger partial charge in [0.15, 0.2) is 0 Å². The van der Waals surface area contributed by atoms with Gasteiger partial charge < -0.3 is 15.1 Å². The maximum atomic E-state index is 12.4. The zero-order valence-corrected chi connectivity index (χ0v) is 11.3. The summed E-state index contributed by atoms with van der Waals surface area (Å²) in [5.74, 6) is 0.148. The lowest BCUT2D eigenvalue weighted by molar-refractivity contribution is -0.140. The third-order valence-electron chi connectivity index (χ3n) is 3.90. The molecule has 2 fully saturated rings. The van der Waals surface area contributed by atoms with Crippen LogP contribution in [0.25, 0.3) is 0 Å². The highest BCUT2D eigenvalue weighted by Crippen LogP contribution is 2.15. The highest BCUT2D eigenvalue weighted by molar-refractivity contribution is 5.87. The van der Waals surface area contributed by atoms with Gasteiger partial charge in [0.1, 0.15) is 0 Å². The number of likely N-dealkylation sites (N-methyl/N-ethyl adjacent to an activating group) is 1. The van der Waals surface area contributed by atoms with Gasteiger partial charge in [-0.2, -0.15) is 0 Å². The Bertz CT molecular complexity index is 332. The summed E-state index contributed by atoms with van der Waals surface area (Å²) in [5, 5.41) is 3.34. The minimum atomic E-state index is -0.0926. The fourth-order valence-corrected chi connectivity index (χ4v) is 2.73. The normalized spacial score (nSPS) is 30.2. The second-order valence-electron chi connectivity index (χ2n) is 5.48. The summed E-state index contributed by atoms with van der Waals surface area (Å²) in [6.45, 7) is 3.79. The fourth-order valence-electron chi connectivity index (χ4n) is 2.73. The highest BCUT2D eigenvalue weighted by atomic mass is 16.2. The molecule has 0 aliphatic carbocycles. The van der Waals surface area contributed by atoms with Crippen molar-refractivity contribution < 1.29 is 9.59 Å². The highest BCUT2D eigenvalue weighted by Gasteiger charge is 2.30. The van der Waals surface area contributed by atoms with Crippen LogP contribution in [0.3, 0.4) is 0 Å². The topological polar surface area (TPSA) is 52.7 Å². The van der Waals surface area contributed by atoms with E-state index in [0.717, 1.165) is 32.2 Å². The first-order valence-electron chi connectivity index (χ1n) is 6.86. The van der Waals surface area contributed by atoms with Crippen LogP contribution in [0.15, 0.2) is 0 Å². The number of hydrogen-bond donors (Lipinski definition) is 1. The predicted octanol–water partition coefficient (Wildman–Crippen LogP) is 0.208. The molecule has 0 aromatic rings. The van der Waals surface area contributed by atoms with Crippen LogP contribution < -0.4 is 5.32 Å². The molecule has 0 radical (unpaired) electrons. The van der Waals surface area contributed by atoms with Crippen LogP contribution in [-0.2, 0) is 9.59 Å². The minimum Gasteiger partial charge on any atom is -0.344 e.